The topological polar surface area (TPSA) is 112 Å². The van der Waals surface area contributed by atoms with Crippen molar-refractivity contribution in [3.05, 3.63) is 89.8 Å². The average molecular weight is 547 g/mol. The number of aryl methyl sites for hydroxylation is 3. The van der Waals surface area contributed by atoms with Gasteiger partial charge in [-0.1, -0.05) is 18.2 Å². The largest absolute Gasteiger partial charge is 0.457 e. The lowest BCUT2D eigenvalue weighted by atomic mass is 10.3. The molecule has 0 bridgehead atoms. The van der Waals surface area contributed by atoms with Gasteiger partial charge in [0.2, 0.25) is 11.9 Å². The van der Waals surface area contributed by atoms with Gasteiger partial charge in [-0.05, 0) is 75.5 Å². The van der Waals surface area contributed by atoms with E-state index in [2.05, 4.69) is 40.9 Å². The first-order valence-electron chi connectivity index (χ1n) is 12.1. The monoisotopic (exact) mass is 546 g/mol. The van der Waals surface area contributed by atoms with Crippen LogP contribution >= 0.6 is 24.0 Å². The van der Waals surface area contributed by atoms with E-state index in [9.17, 15) is 0 Å². The van der Waals surface area contributed by atoms with E-state index in [4.69, 9.17) is 17.0 Å². The van der Waals surface area contributed by atoms with Crippen LogP contribution < -0.4 is 20.7 Å². The van der Waals surface area contributed by atoms with Crippen molar-refractivity contribution in [1.29, 1.82) is 0 Å². The number of nitrogens with one attached hydrogen (secondary N) is 4. The Labute approximate surface area is 232 Å². The normalized spacial score (nSPS) is 11.2. The molecule has 0 aliphatic rings. The third kappa shape index (κ3) is 8.56. The molecule has 0 fully saturated rings. The van der Waals surface area contributed by atoms with Gasteiger partial charge in [-0.2, -0.15) is 11.8 Å². The quantitative estimate of drug-likeness (QED) is 0.0921. The van der Waals surface area contributed by atoms with Gasteiger partial charge in [-0.3, -0.25) is 10.3 Å². The third-order valence-electron chi connectivity index (χ3n) is 5.21. The number of aliphatic imine (C=N–C) groups is 1. The number of anilines is 2. The molecule has 0 aliphatic heterocycles. The van der Waals surface area contributed by atoms with Crippen molar-refractivity contribution < 1.29 is 4.74 Å². The predicted octanol–water partition coefficient (Wildman–Crippen LogP) is 5.61. The summed E-state index contributed by atoms with van der Waals surface area (Å²) in [4.78, 5) is 21.0. The van der Waals surface area contributed by atoms with E-state index in [0.717, 1.165) is 51.5 Å². The van der Waals surface area contributed by atoms with E-state index >= 15 is 0 Å². The maximum atomic E-state index is 5.86. The first-order valence-corrected chi connectivity index (χ1v) is 13.6. The summed E-state index contributed by atoms with van der Waals surface area (Å²) in [6, 6.07) is 19.1. The summed E-state index contributed by atoms with van der Waals surface area (Å²) in [6.45, 7) is 6.45. The molecule has 4 aromatic rings. The van der Waals surface area contributed by atoms with E-state index < -0.39 is 0 Å². The lowest BCUT2D eigenvalue weighted by Gasteiger charge is -2.14. The molecule has 2 aromatic carbocycles. The minimum absolute atomic E-state index is 0.386. The zero-order chi connectivity index (χ0) is 26.7. The Bertz CT molecular complexity index is 1350. The van der Waals surface area contributed by atoms with Crippen LogP contribution in [0.15, 0.2) is 72.0 Å². The number of nitrogens with zero attached hydrogens (tertiary/aromatic N) is 4. The number of aromatic nitrogens is 4. The molecular formula is C27H30N8OS2. The second-order valence-electron chi connectivity index (χ2n) is 8.38. The maximum Gasteiger partial charge on any atom is 0.229 e. The van der Waals surface area contributed by atoms with E-state index in [-0.39, 0.29) is 0 Å². The Balaban J connectivity index is 1.35. The molecule has 2 heterocycles. The second-order valence-corrected chi connectivity index (χ2v) is 9.89. The van der Waals surface area contributed by atoms with Gasteiger partial charge in [-0.15, -0.1) is 0 Å². The van der Waals surface area contributed by atoms with Crippen LogP contribution in [0.25, 0.3) is 0 Å². The van der Waals surface area contributed by atoms with Crippen molar-refractivity contribution in [2.24, 2.45) is 4.99 Å². The molecule has 0 unspecified atom stereocenters. The molecule has 0 spiro atoms. The number of H-pyrrole nitrogens is 1. The second kappa shape index (κ2) is 13.5. The number of ether oxygens (including phenoxy) is 1. The van der Waals surface area contributed by atoms with Crippen molar-refractivity contribution >= 4 is 46.7 Å². The highest BCUT2D eigenvalue weighted by atomic mass is 32.2. The number of aromatic amines is 1. The number of thiocarbonyl (C=S) groups is 1. The van der Waals surface area contributed by atoms with Crippen molar-refractivity contribution in [1.82, 2.24) is 25.3 Å². The average Bonchev–Trinajstić information content (AvgIpc) is 3.29. The fraction of sp³-hybridized carbons (Fsp3) is 0.222. The Kier molecular flexibility index (Phi) is 9.65. The van der Waals surface area contributed by atoms with Crippen LogP contribution in [-0.4, -0.2) is 43.3 Å². The first-order chi connectivity index (χ1) is 18.4. The van der Waals surface area contributed by atoms with Gasteiger partial charge < -0.3 is 20.4 Å². The Morgan fingerprint density at radius 2 is 1.68 bits per heavy atom. The molecule has 0 radical (unpaired) electrons. The number of imidazole rings is 1. The summed E-state index contributed by atoms with van der Waals surface area (Å²) in [5, 5.41) is 9.88. The van der Waals surface area contributed by atoms with Crippen LogP contribution in [-0.2, 0) is 5.75 Å². The molecule has 0 atom stereocenters. The SMILES string of the molecule is Cc1cc(C)nc(NC(=NCCSCc2nc[nH]c2C)NC(=S)Nc2ccc(Oc3ccccc3)cc2)n1. The highest BCUT2D eigenvalue weighted by Gasteiger charge is 2.08. The highest BCUT2D eigenvalue weighted by molar-refractivity contribution is 7.98. The number of thioether (sulfide) groups is 1. The van der Waals surface area contributed by atoms with Crippen molar-refractivity contribution in [3.8, 4) is 11.5 Å². The summed E-state index contributed by atoms with van der Waals surface area (Å²) < 4.78 is 5.86. The summed E-state index contributed by atoms with van der Waals surface area (Å²) in [5.41, 5.74) is 4.69. The van der Waals surface area contributed by atoms with Gasteiger partial charge >= 0.3 is 0 Å². The number of para-hydroxylation sites is 1. The van der Waals surface area contributed by atoms with Crippen LogP contribution in [0, 0.1) is 20.8 Å². The van der Waals surface area contributed by atoms with Gasteiger partial charge in [0.15, 0.2) is 5.11 Å². The smallest absolute Gasteiger partial charge is 0.229 e. The minimum Gasteiger partial charge on any atom is -0.457 e. The molecule has 11 heteroatoms. The van der Waals surface area contributed by atoms with E-state index in [0.29, 0.717) is 23.6 Å². The van der Waals surface area contributed by atoms with Gasteiger partial charge in [0.1, 0.15) is 11.5 Å². The van der Waals surface area contributed by atoms with Gasteiger partial charge in [0.05, 0.1) is 18.6 Å². The number of guanidine groups is 1. The van der Waals surface area contributed by atoms with Crippen LogP contribution in [0.3, 0.4) is 0 Å². The Morgan fingerprint density at radius 1 is 0.974 bits per heavy atom. The fourth-order valence-electron chi connectivity index (χ4n) is 3.42. The van der Waals surface area contributed by atoms with Gasteiger partial charge in [0.25, 0.3) is 0 Å². The van der Waals surface area contributed by atoms with Crippen LogP contribution in [0.1, 0.15) is 22.8 Å². The summed E-state index contributed by atoms with van der Waals surface area (Å²) in [6.07, 6.45) is 1.72. The van der Waals surface area contributed by atoms with Crippen molar-refractivity contribution in [2.75, 3.05) is 22.9 Å². The lowest BCUT2D eigenvalue weighted by molar-refractivity contribution is 0.483. The van der Waals surface area contributed by atoms with Crippen molar-refractivity contribution in [2.45, 2.75) is 26.5 Å². The lowest BCUT2D eigenvalue weighted by Crippen LogP contribution is -2.39. The summed E-state index contributed by atoms with van der Waals surface area (Å²) in [7, 11) is 0. The standard InChI is InChI=1S/C27H30N8OS2/c1-18-15-19(2)32-26(31-18)34-25(28-13-14-38-16-24-20(3)29-17-30-24)35-27(37)33-21-9-11-23(12-10-21)36-22-7-5-4-6-8-22/h4-12,15,17H,13-14,16H2,1-3H3,(H,29,30)(H3,28,31,32,33,34,35,37). The molecule has 2 aromatic heterocycles. The zero-order valence-corrected chi connectivity index (χ0v) is 23.1. The minimum atomic E-state index is 0.386. The fourth-order valence-corrected chi connectivity index (χ4v) is 4.49. The Hall–Kier alpha value is -3.96. The molecule has 38 heavy (non-hydrogen) atoms. The number of hydrogen-bond donors (Lipinski definition) is 4. The molecule has 9 nitrogen and oxygen atoms in total. The van der Waals surface area contributed by atoms with Gasteiger partial charge in [-0.25, -0.2) is 15.0 Å². The predicted molar refractivity (Wildman–Crippen MR) is 159 cm³/mol. The van der Waals surface area contributed by atoms with E-state index in [1.165, 1.54) is 0 Å². The zero-order valence-electron chi connectivity index (χ0n) is 21.5. The molecule has 0 saturated heterocycles. The molecule has 4 rings (SSSR count). The number of rotatable bonds is 9. The summed E-state index contributed by atoms with van der Waals surface area (Å²) >= 11 is 7.32. The molecule has 196 valence electrons. The summed E-state index contributed by atoms with van der Waals surface area (Å²) in [5.74, 6) is 4.08. The van der Waals surface area contributed by atoms with Crippen LogP contribution in [0.4, 0.5) is 11.6 Å². The molecular weight excluding hydrogens is 516 g/mol. The van der Waals surface area contributed by atoms with Crippen LogP contribution in [0.2, 0.25) is 0 Å². The van der Waals surface area contributed by atoms with Crippen molar-refractivity contribution in [3.63, 3.8) is 0 Å². The van der Waals surface area contributed by atoms with Gasteiger partial charge in [0, 0.05) is 34.3 Å². The van der Waals surface area contributed by atoms with E-state index in [1.54, 1.807) is 18.1 Å². The van der Waals surface area contributed by atoms with Crippen LogP contribution in [0.5, 0.6) is 11.5 Å². The molecule has 4 N–H and O–H groups in total. The number of hydrogen-bond acceptors (Lipinski definition) is 7. The van der Waals surface area contributed by atoms with E-state index in [1.807, 2.05) is 81.4 Å². The Morgan fingerprint density at radius 3 is 2.37 bits per heavy atom. The molecule has 0 aliphatic carbocycles. The highest BCUT2D eigenvalue weighted by Crippen LogP contribution is 2.22. The molecule has 0 amide bonds. The molecule has 0 saturated carbocycles. The maximum absolute atomic E-state index is 5.86. The first kappa shape index (κ1) is 27.1. The number of benzene rings is 2. The third-order valence-corrected chi connectivity index (χ3v) is 6.37.